The molecule has 1 heterocycles. The highest BCUT2D eigenvalue weighted by Crippen LogP contribution is 2.21. The Morgan fingerprint density at radius 3 is 2.71 bits per heavy atom. The van der Waals surface area contributed by atoms with Crippen molar-refractivity contribution in [3.63, 3.8) is 0 Å². The first-order valence-corrected chi connectivity index (χ1v) is 6.44. The van der Waals surface area contributed by atoms with E-state index in [1.54, 1.807) is 6.07 Å². The summed E-state index contributed by atoms with van der Waals surface area (Å²) in [7, 11) is 0. The number of hydrogen-bond acceptors (Lipinski definition) is 2. The van der Waals surface area contributed by atoms with Crippen LogP contribution in [0.5, 0.6) is 5.75 Å². The molecule has 0 bridgehead atoms. The Hall–Kier alpha value is -0.800. The SMILES string of the molecule is Fc1ccc(OCCN2CCCCC2)cc1Cl. The zero-order chi connectivity index (χ0) is 12.1. The maximum atomic E-state index is 12.9. The Morgan fingerprint density at radius 1 is 1.24 bits per heavy atom. The number of benzene rings is 1. The monoisotopic (exact) mass is 257 g/mol. The summed E-state index contributed by atoms with van der Waals surface area (Å²) < 4.78 is 18.5. The fraction of sp³-hybridized carbons (Fsp3) is 0.538. The molecule has 0 amide bonds. The van der Waals surface area contributed by atoms with E-state index in [9.17, 15) is 4.39 Å². The van der Waals surface area contributed by atoms with Gasteiger partial charge in [0, 0.05) is 12.6 Å². The molecule has 0 aromatic heterocycles. The van der Waals surface area contributed by atoms with Gasteiger partial charge in [-0.05, 0) is 38.1 Å². The summed E-state index contributed by atoms with van der Waals surface area (Å²) in [5.74, 6) is 0.225. The lowest BCUT2D eigenvalue weighted by atomic mass is 10.1. The molecule has 0 aliphatic carbocycles. The summed E-state index contributed by atoms with van der Waals surface area (Å²) in [4.78, 5) is 2.40. The summed E-state index contributed by atoms with van der Waals surface area (Å²) in [6.45, 7) is 3.87. The van der Waals surface area contributed by atoms with Crippen LogP contribution in [0, 0.1) is 5.82 Å². The van der Waals surface area contributed by atoms with Crippen LogP contribution in [-0.4, -0.2) is 31.1 Å². The minimum absolute atomic E-state index is 0.112. The second kappa shape index (κ2) is 6.22. The average molecular weight is 258 g/mol. The predicted octanol–water partition coefficient (Wildman–Crippen LogP) is 3.34. The van der Waals surface area contributed by atoms with Crippen molar-refractivity contribution in [2.45, 2.75) is 19.3 Å². The number of ether oxygens (including phenoxy) is 1. The van der Waals surface area contributed by atoms with Crippen molar-refractivity contribution >= 4 is 11.6 Å². The molecule has 0 saturated carbocycles. The van der Waals surface area contributed by atoms with Gasteiger partial charge in [0.1, 0.15) is 18.2 Å². The van der Waals surface area contributed by atoms with Gasteiger partial charge in [0.15, 0.2) is 0 Å². The zero-order valence-corrected chi connectivity index (χ0v) is 10.5. The van der Waals surface area contributed by atoms with E-state index in [4.69, 9.17) is 16.3 Å². The van der Waals surface area contributed by atoms with E-state index in [2.05, 4.69) is 4.90 Å². The highest BCUT2D eigenvalue weighted by Gasteiger charge is 2.09. The molecule has 0 spiro atoms. The van der Waals surface area contributed by atoms with E-state index in [0.29, 0.717) is 12.4 Å². The lowest BCUT2D eigenvalue weighted by molar-refractivity contribution is 0.183. The summed E-state index contributed by atoms with van der Waals surface area (Å²) >= 11 is 5.68. The van der Waals surface area contributed by atoms with Crippen LogP contribution in [0.15, 0.2) is 18.2 Å². The summed E-state index contributed by atoms with van der Waals surface area (Å²) in [5.41, 5.74) is 0. The van der Waals surface area contributed by atoms with Crippen LogP contribution in [0.25, 0.3) is 0 Å². The number of halogens is 2. The van der Waals surface area contributed by atoms with Crippen LogP contribution in [0.3, 0.4) is 0 Å². The summed E-state index contributed by atoms with van der Waals surface area (Å²) in [6, 6.07) is 4.46. The van der Waals surface area contributed by atoms with Crippen molar-refractivity contribution in [2.24, 2.45) is 0 Å². The first kappa shape index (κ1) is 12.7. The lowest BCUT2D eigenvalue weighted by Crippen LogP contribution is -2.33. The van der Waals surface area contributed by atoms with Gasteiger partial charge in [-0.1, -0.05) is 18.0 Å². The standard InChI is InChI=1S/C13H17ClFNO/c14-12-10-11(4-5-13(12)15)17-9-8-16-6-2-1-3-7-16/h4-5,10H,1-3,6-9H2. The van der Waals surface area contributed by atoms with Gasteiger partial charge in [-0.25, -0.2) is 4.39 Å². The number of hydrogen-bond donors (Lipinski definition) is 0. The molecule has 0 N–H and O–H groups in total. The van der Waals surface area contributed by atoms with Gasteiger partial charge >= 0.3 is 0 Å². The van der Waals surface area contributed by atoms with Crippen molar-refractivity contribution in [1.29, 1.82) is 0 Å². The van der Waals surface area contributed by atoms with Crippen LogP contribution in [0.2, 0.25) is 5.02 Å². The van der Waals surface area contributed by atoms with Crippen LogP contribution in [0.1, 0.15) is 19.3 Å². The van der Waals surface area contributed by atoms with Crippen LogP contribution in [0.4, 0.5) is 4.39 Å². The molecule has 1 saturated heterocycles. The maximum absolute atomic E-state index is 12.9. The number of rotatable bonds is 4. The average Bonchev–Trinajstić information content (AvgIpc) is 2.35. The predicted molar refractivity (Wildman–Crippen MR) is 67.2 cm³/mol. The smallest absolute Gasteiger partial charge is 0.142 e. The molecule has 94 valence electrons. The summed E-state index contributed by atoms with van der Waals surface area (Å²) in [5, 5.41) is 0.112. The second-order valence-corrected chi connectivity index (χ2v) is 4.73. The number of likely N-dealkylation sites (tertiary alicyclic amines) is 1. The fourth-order valence-corrected chi connectivity index (χ4v) is 2.21. The normalized spacial score (nSPS) is 17.1. The summed E-state index contributed by atoms with van der Waals surface area (Å²) in [6.07, 6.45) is 3.90. The van der Waals surface area contributed by atoms with E-state index in [0.717, 1.165) is 19.6 Å². The Balaban J connectivity index is 1.75. The molecule has 0 atom stereocenters. The number of nitrogens with zero attached hydrogens (tertiary/aromatic N) is 1. The molecular formula is C13H17ClFNO. The Kier molecular flexibility index (Phi) is 4.63. The topological polar surface area (TPSA) is 12.5 Å². The third-order valence-electron chi connectivity index (χ3n) is 3.02. The number of piperidine rings is 1. The van der Waals surface area contributed by atoms with Crippen molar-refractivity contribution in [1.82, 2.24) is 4.90 Å². The minimum Gasteiger partial charge on any atom is -0.492 e. The molecule has 1 aromatic carbocycles. The zero-order valence-electron chi connectivity index (χ0n) is 9.79. The maximum Gasteiger partial charge on any atom is 0.142 e. The molecule has 2 rings (SSSR count). The van der Waals surface area contributed by atoms with Gasteiger partial charge < -0.3 is 4.74 Å². The van der Waals surface area contributed by atoms with Gasteiger partial charge in [-0.2, -0.15) is 0 Å². The molecule has 1 aromatic rings. The molecule has 0 unspecified atom stereocenters. The van der Waals surface area contributed by atoms with Crippen molar-refractivity contribution in [3.8, 4) is 5.75 Å². The molecule has 1 aliphatic rings. The Labute approximate surface area is 106 Å². The van der Waals surface area contributed by atoms with Crippen LogP contribution in [-0.2, 0) is 0 Å². The first-order valence-electron chi connectivity index (χ1n) is 6.06. The second-order valence-electron chi connectivity index (χ2n) is 4.33. The minimum atomic E-state index is -0.407. The van der Waals surface area contributed by atoms with Gasteiger partial charge in [0.05, 0.1) is 5.02 Å². The van der Waals surface area contributed by atoms with Gasteiger partial charge in [-0.15, -0.1) is 0 Å². The Bertz CT molecular complexity index is 366. The van der Waals surface area contributed by atoms with E-state index in [1.807, 2.05) is 0 Å². The van der Waals surface area contributed by atoms with Crippen molar-refractivity contribution in [3.05, 3.63) is 29.0 Å². The van der Waals surface area contributed by atoms with Crippen molar-refractivity contribution in [2.75, 3.05) is 26.2 Å². The third kappa shape index (κ3) is 3.86. The molecule has 2 nitrogen and oxygen atoms in total. The van der Waals surface area contributed by atoms with Gasteiger partial charge in [0.25, 0.3) is 0 Å². The quantitative estimate of drug-likeness (QED) is 0.820. The lowest BCUT2D eigenvalue weighted by Gasteiger charge is -2.26. The van der Waals surface area contributed by atoms with Crippen LogP contribution < -0.4 is 4.74 Å². The van der Waals surface area contributed by atoms with E-state index < -0.39 is 5.82 Å². The molecule has 17 heavy (non-hydrogen) atoms. The molecule has 1 fully saturated rings. The van der Waals surface area contributed by atoms with E-state index in [1.165, 1.54) is 31.4 Å². The molecule has 4 heteroatoms. The van der Waals surface area contributed by atoms with E-state index in [-0.39, 0.29) is 5.02 Å². The largest absolute Gasteiger partial charge is 0.492 e. The first-order chi connectivity index (χ1) is 8.25. The van der Waals surface area contributed by atoms with Gasteiger partial charge in [-0.3, -0.25) is 4.90 Å². The molecule has 0 radical (unpaired) electrons. The molecular weight excluding hydrogens is 241 g/mol. The highest BCUT2D eigenvalue weighted by atomic mass is 35.5. The highest BCUT2D eigenvalue weighted by molar-refractivity contribution is 6.30. The fourth-order valence-electron chi connectivity index (χ4n) is 2.04. The van der Waals surface area contributed by atoms with E-state index >= 15 is 0 Å². The van der Waals surface area contributed by atoms with Crippen LogP contribution >= 0.6 is 11.6 Å². The molecule has 1 aliphatic heterocycles. The van der Waals surface area contributed by atoms with Gasteiger partial charge in [0.2, 0.25) is 0 Å². The third-order valence-corrected chi connectivity index (χ3v) is 3.31. The Morgan fingerprint density at radius 2 is 2.00 bits per heavy atom. The van der Waals surface area contributed by atoms with Crippen molar-refractivity contribution < 1.29 is 9.13 Å².